The Balaban J connectivity index is 1.85. The van der Waals surface area contributed by atoms with Crippen LogP contribution in [0.4, 0.5) is 0 Å². The van der Waals surface area contributed by atoms with Gasteiger partial charge in [0.05, 0.1) is 6.61 Å². The van der Waals surface area contributed by atoms with Gasteiger partial charge in [0, 0.05) is 12.1 Å². The van der Waals surface area contributed by atoms with Gasteiger partial charge in [-0.25, -0.2) is 0 Å². The lowest BCUT2D eigenvalue weighted by Gasteiger charge is -2.18. The highest BCUT2D eigenvalue weighted by Gasteiger charge is 2.11. The third-order valence-corrected chi connectivity index (χ3v) is 3.51. The van der Waals surface area contributed by atoms with Gasteiger partial charge in [-0.05, 0) is 44.7 Å². The maximum Gasteiger partial charge on any atom is 0.162 e. The van der Waals surface area contributed by atoms with Crippen LogP contribution in [0.15, 0.2) is 30.4 Å². The molecule has 0 aromatic heterocycles. The third kappa shape index (κ3) is 4.00. The lowest BCUT2D eigenvalue weighted by Crippen LogP contribution is -2.23. The van der Waals surface area contributed by atoms with Crippen LogP contribution in [0.3, 0.4) is 0 Å². The van der Waals surface area contributed by atoms with Gasteiger partial charge in [0.2, 0.25) is 0 Å². The topological polar surface area (TPSA) is 41.5 Å². The average Bonchev–Trinajstić information content (AvgIpc) is 2.44. The average molecular weight is 261 g/mol. The second-order valence-corrected chi connectivity index (χ2v) is 4.98. The van der Waals surface area contributed by atoms with Crippen molar-refractivity contribution in [2.45, 2.75) is 32.7 Å². The number of phenols is 1. The number of phenolic OH excluding ortho intramolecular Hbond substituents is 1. The van der Waals surface area contributed by atoms with Crippen LogP contribution in [0.25, 0.3) is 0 Å². The summed E-state index contributed by atoms with van der Waals surface area (Å²) in [5, 5.41) is 13.5. The fourth-order valence-corrected chi connectivity index (χ4v) is 2.44. The molecule has 1 aromatic rings. The van der Waals surface area contributed by atoms with Gasteiger partial charge in [0.1, 0.15) is 0 Å². The van der Waals surface area contributed by atoms with E-state index in [9.17, 15) is 5.11 Å². The molecule has 0 saturated heterocycles. The number of aromatic hydroxyl groups is 1. The summed E-state index contributed by atoms with van der Waals surface area (Å²) in [6.07, 6.45) is 8.14. The van der Waals surface area contributed by atoms with Crippen LogP contribution in [0.2, 0.25) is 0 Å². The molecule has 0 saturated carbocycles. The highest BCUT2D eigenvalue weighted by Crippen LogP contribution is 2.29. The zero-order valence-corrected chi connectivity index (χ0v) is 11.6. The Hall–Kier alpha value is -1.48. The molecule has 19 heavy (non-hydrogen) atoms. The molecule has 1 unspecified atom stereocenters. The molecule has 0 spiro atoms. The van der Waals surface area contributed by atoms with Crippen molar-refractivity contribution in [3.8, 4) is 11.5 Å². The van der Waals surface area contributed by atoms with Crippen LogP contribution in [-0.4, -0.2) is 18.3 Å². The fourth-order valence-electron chi connectivity index (χ4n) is 2.44. The lowest BCUT2D eigenvalue weighted by molar-refractivity contribution is 0.316. The van der Waals surface area contributed by atoms with E-state index in [-0.39, 0.29) is 5.75 Å². The first-order valence-corrected chi connectivity index (χ1v) is 7.10. The molecule has 0 bridgehead atoms. The largest absolute Gasteiger partial charge is 0.504 e. The fraction of sp³-hybridized carbons (Fsp3) is 0.500. The van der Waals surface area contributed by atoms with Gasteiger partial charge in [-0.3, -0.25) is 0 Å². The van der Waals surface area contributed by atoms with Crippen LogP contribution < -0.4 is 10.1 Å². The van der Waals surface area contributed by atoms with Crippen molar-refractivity contribution in [2.24, 2.45) is 5.92 Å². The summed E-state index contributed by atoms with van der Waals surface area (Å²) in [7, 11) is 0. The van der Waals surface area contributed by atoms with Gasteiger partial charge >= 0.3 is 0 Å². The number of hydrogen-bond acceptors (Lipinski definition) is 3. The van der Waals surface area contributed by atoms with Gasteiger partial charge < -0.3 is 15.2 Å². The lowest BCUT2D eigenvalue weighted by atomic mass is 9.94. The van der Waals surface area contributed by atoms with E-state index in [1.54, 1.807) is 6.07 Å². The predicted octanol–water partition coefficient (Wildman–Crippen LogP) is 3.24. The summed E-state index contributed by atoms with van der Waals surface area (Å²) >= 11 is 0. The summed E-state index contributed by atoms with van der Waals surface area (Å²) in [5.74, 6) is 1.56. The molecule has 1 aromatic carbocycles. The smallest absolute Gasteiger partial charge is 0.162 e. The van der Waals surface area contributed by atoms with E-state index in [0.29, 0.717) is 18.9 Å². The first-order chi connectivity index (χ1) is 9.31. The zero-order valence-electron chi connectivity index (χ0n) is 11.6. The van der Waals surface area contributed by atoms with E-state index >= 15 is 0 Å². The molecule has 0 aliphatic heterocycles. The molecule has 3 heteroatoms. The van der Waals surface area contributed by atoms with Gasteiger partial charge in [-0.2, -0.15) is 0 Å². The van der Waals surface area contributed by atoms with Crippen LogP contribution >= 0.6 is 0 Å². The highest BCUT2D eigenvalue weighted by molar-refractivity contribution is 5.45. The van der Waals surface area contributed by atoms with Crippen molar-refractivity contribution < 1.29 is 9.84 Å². The van der Waals surface area contributed by atoms with Crippen molar-refractivity contribution in [1.29, 1.82) is 0 Å². The summed E-state index contributed by atoms with van der Waals surface area (Å²) < 4.78 is 5.39. The summed E-state index contributed by atoms with van der Waals surface area (Å²) in [5.41, 5.74) is 0.900. The number of rotatable bonds is 6. The Morgan fingerprint density at radius 3 is 3.00 bits per heavy atom. The monoisotopic (exact) mass is 261 g/mol. The molecule has 0 radical (unpaired) electrons. The minimum atomic E-state index is 0.264. The van der Waals surface area contributed by atoms with Crippen LogP contribution in [0.1, 0.15) is 31.7 Å². The van der Waals surface area contributed by atoms with Crippen molar-refractivity contribution in [3.05, 3.63) is 35.9 Å². The Morgan fingerprint density at radius 1 is 1.37 bits per heavy atom. The minimum absolute atomic E-state index is 0.264. The van der Waals surface area contributed by atoms with Gasteiger partial charge in [-0.1, -0.05) is 24.3 Å². The Bertz CT molecular complexity index is 429. The molecule has 2 N–H and O–H groups in total. The van der Waals surface area contributed by atoms with E-state index < -0.39 is 0 Å². The van der Waals surface area contributed by atoms with Crippen molar-refractivity contribution in [1.82, 2.24) is 5.32 Å². The summed E-state index contributed by atoms with van der Waals surface area (Å²) in [4.78, 5) is 0. The molecule has 0 amide bonds. The molecule has 2 rings (SSSR count). The molecule has 0 heterocycles. The van der Waals surface area contributed by atoms with Crippen LogP contribution in [0, 0.1) is 5.92 Å². The first kappa shape index (κ1) is 13.9. The Morgan fingerprint density at radius 2 is 2.26 bits per heavy atom. The number of ether oxygens (including phenoxy) is 1. The van der Waals surface area contributed by atoms with E-state index in [1.165, 1.54) is 12.8 Å². The molecule has 1 atom stereocenters. The predicted molar refractivity (Wildman–Crippen MR) is 77.5 cm³/mol. The van der Waals surface area contributed by atoms with E-state index in [1.807, 2.05) is 19.1 Å². The summed E-state index contributed by atoms with van der Waals surface area (Å²) in [6.45, 7) is 4.18. The van der Waals surface area contributed by atoms with E-state index in [0.717, 1.165) is 24.4 Å². The van der Waals surface area contributed by atoms with Crippen molar-refractivity contribution >= 4 is 0 Å². The Kier molecular flexibility index (Phi) is 5.28. The normalized spacial score (nSPS) is 18.5. The number of allylic oxidation sites excluding steroid dienone is 2. The Labute approximate surface area is 115 Å². The number of hydrogen-bond donors (Lipinski definition) is 2. The van der Waals surface area contributed by atoms with Crippen LogP contribution in [-0.2, 0) is 6.54 Å². The van der Waals surface area contributed by atoms with E-state index in [2.05, 4.69) is 17.5 Å². The third-order valence-electron chi connectivity index (χ3n) is 3.51. The molecular formula is C16H23NO2. The first-order valence-electron chi connectivity index (χ1n) is 7.10. The second kappa shape index (κ2) is 7.19. The molecular weight excluding hydrogens is 238 g/mol. The maximum atomic E-state index is 10.1. The number of para-hydroxylation sites is 1. The van der Waals surface area contributed by atoms with E-state index in [4.69, 9.17) is 4.74 Å². The number of nitrogens with one attached hydrogen (secondary N) is 1. The second-order valence-electron chi connectivity index (χ2n) is 4.98. The maximum absolute atomic E-state index is 10.1. The molecule has 1 aliphatic carbocycles. The van der Waals surface area contributed by atoms with Gasteiger partial charge in [0.25, 0.3) is 0 Å². The van der Waals surface area contributed by atoms with Crippen molar-refractivity contribution in [2.75, 3.05) is 13.2 Å². The van der Waals surface area contributed by atoms with Gasteiger partial charge in [0.15, 0.2) is 11.5 Å². The minimum Gasteiger partial charge on any atom is -0.504 e. The van der Waals surface area contributed by atoms with Gasteiger partial charge in [-0.15, -0.1) is 0 Å². The number of benzene rings is 1. The molecule has 3 nitrogen and oxygen atoms in total. The standard InChI is InChI=1S/C16H23NO2/c1-2-19-15-10-6-9-14(16(15)18)12-17-11-13-7-4-3-5-8-13/h3-4,6,9-10,13,17-18H,2,5,7-8,11-12H2,1H3. The van der Waals surface area contributed by atoms with Crippen molar-refractivity contribution in [3.63, 3.8) is 0 Å². The van der Waals surface area contributed by atoms with Crippen LogP contribution in [0.5, 0.6) is 11.5 Å². The molecule has 1 aliphatic rings. The highest BCUT2D eigenvalue weighted by atomic mass is 16.5. The molecule has 0 fully saturated rings. The summed E-state index contributed by atoms with van der Waals surface area (Å²) in [6, 6.07) is 5.66. The quantitative estimate of drug-likeness (QED) is 0.772. The zero-order chi connectivity index (χ0) is 13.5. The molecule has 104 valence electrons. The SMILES string of the molecule is CCOc1cccc(CNCC2CC=CCC2)c1O.